The zero-order valence-electron chi connectivity index (χ0n) is 5.44. The molecule has 0 aliphatic heterocycles. The van der Waals surface area contributed by atoms with Crippen molar-refractivity contribution in [2.45, 2.75) is 11.9 Å². The Bertz CT molecular complexity index is 262. The zero-order valence-corrected chi connectivity index (χ0v) is 6.26. The van der Waals surface area contributed by atoms with E-state index in [1.54, 1.807) is 19.1 Å². The molecule has 0 amide bonds. The highest BCUT2D eigenvalue weighted by atomic mass is 32.2. The molecule has 0 fully saturated rings. The van der Waals surface area contributed by atoms with Crippen molar-refractivity contribution in [2.75, 3.05) is 0 Å². The van der Waals surface area contributed by atoms with Gasteiger partial charge < -0.3 is 4.55 Å². The van der Waals surface area contributed by atoms with E-state index in [2.05, 4.69) is 4.98 Å². The van der Waals surface area contributed by atoms with Crippen molar-refractivity contribution in [3.05, 3.63) is 23.9 Å². The first-order valence-corrected chi connectivity index (χ1v) is 3.85. The molecule has 10 heavy (non-hydrogen) atoms. The molecule has 0 bridgehead atoms. The van der Waals surface area contributed by atoms with Crippen molar-refractivity contribution in [2.24, 2.45) is 0 Å². The first kappa shape index (κ1) is 7.37. The lowest BCUT2D eigenvalue weighted by molar-refractivity contribution is 0.559. The Morgan fingerprint density at radius 3 is 2.80 bits per heavy atom. The minimum Gasteiger partial charge on any atom is -0.301 e. The molecule has 3 nitrogen and oxygen atoms in total. The van der Waals surface area contributed by atoms with E-state index in [-0.39, 0.29) is 5.03 Å². The van der Waals surface area contributed by atoms with Crippen LogP contribution in [0.2, 0.25) is 0 Å². The predicted molar refractivity (Wildman–Crippen MR) is 38.0 cm³/mol. The minimum absolute atomic E-state index is 0.238. The predicted octanol–water partition coefficient (Wildman–Crippen LogP) is 0.971. The van der Waals surface area contributed by atoms with Crippen LogP contribution in [0.4, 0.5) is 0 Å². The molecule has 0 radical (unpaired) electrons. The van der Waals surface area contributed by atoms with Gasteiger partial charge in [-0.1, -0.05) is 6.07 Å². The summed E-state index contributed by atoms with van der Waals surface area (Å²) in [6.45, 7) is 1.75. The first-order chi connectivity index (χ1) is 4.72. The molecule has 4 heteroatoms. The fourth-order valence-electron chi connectivity index (χ4n) is 0.654. The highest BCUT2D eigenvalue weighted by Crippen LogP contribution is 2.05. The molecule has 0 saturated carbocycles. The largest absolute Gasteiger partial charge is 0.301 e. The summed E-state index contributed by atoms with van der Waals surface area (Å²) >= 11 is -1.95. The van der Waals surface area contributed by atoms with Crippen molar-refractivity contribution >= 4 is 11.1 Å². The van der Waals surface area contributed by atoms with Gasteiger partial charge in [-0.3, -0.25) is 0 Å². The molecule has 54 valence electrons. The number of nitrogens with zero attached hydrogens (tertiary/aromatic N) is 1. The van der Waals surface area contributed by atoms with Crippen LogP contribution < -0.4 is 0 Å². The van der Waals surface area contributed by atoms with Crippen LogP contribution in [0.5, 0.6) is 0 Å². The van der Waals surface area contributed by atoms with Crippen LogP contribution in [0.1, 0.15) is 5.56 Å². The van der Waals surface area contributed by atoms with Gasteiger partial charge in [-0.15, -0.1) is 0 Å². The number of rotatable bonds is 1. The Hall–Kier alpha value is -0.740. The van der Waals surface area contributed by atoms with Crippen molar-refractivity contribution in [3.63, 3.8) is 0 Å². The third-order valence-electron chi connectivity index (χ3n) is 1.13. The van der Waals surface area contributed by atoms with Crippen LogP contribution in [-0.2, 0) is 11.1 Å². The van der Waals surface area contributed by atoms with Gasteiger partial charge in [-0.25, -0.2) is 9.19 Å². The van der Waals surface area contributed by atoms with Gasteiger partial charge in [0.2, 0.25) is 11.1 Å². The number of hydrogen-bond donors (Lipinski definition) is 1. The second kappa shape index (κ2) is 2.90. The van der Waals surface area contributed by atoms with Crippen molar-refractivity contribution < 1.29 is 8.76 Å². The van der Waals surface area contributed by atoms with Gasteiger partial charge in [0.25, 0.3) is 0 Å². The van der Waals surface area contributed by atoms with Crippen LogP contribution in [0.25, 0.3) is 0 Å². The van der Waals surface area contributed by atoms with Crippen molar-refractivity contribution in [1.82, 2.24) is 4.98 Å². The van der Waals surface area contributed by atoms with E-state index < -0.39 is 11.1 Å². The van der Waals surface area contributed by atoms with Gasteiger partial charge in [0.15, 0.2) is 5.03 Å². The maximum atomic E-state index is 10.5. The molecule has 1 rings (SSSR count). The fourth-order valence-corrected chi connectivity index (χ4v) is 1.15. The average Bonchev–Trinajstić information content (AvgIpc) is 1.88. The van der Waals surface area contributed by atoms with Crippen LogP contribution in [0.3, 0.4) is 0 Å². The van der Waals surface area contributed by atoms with Crippen molar-refractivity contribution in [1.29, 1.82) is 0 Å². The molecule has 0 spiro atoms. The fraction of sp³-hybridized carbons (Fsp3) is 0.167. The molecule has 0 aromatic carbocycles. The second-order valence-electron chi connectivity index (χ2n) is 1.87. The lowest BCUT2D eigenvalue weighted by atomic mass is 10.3. The summed E-state index contributed by atoms with van der Waals surface area (Å²) in [5.41, 5.74) is 0.739. The van der Waals surface area contributed by atoms with Gasteiger partial charge in [0, 0.05) is 6.20 Å². The molecule has 0 aliphatic carbocycles. The Morgan fingerprint density at radius 1 is 1.70 bits per heavy atom. The Balaban J connectivity index is 3.15. The maximum absolute atomic E-state index is 10.5. The highest BCUT2D eigenvalue weighted by molar-refractivity contribution is 7.79. The van der Waals surface area contributed by atoms with Crippen LogP contribution in [0.15, 0.2) is 23.4 Å². The van der Waals surface area contributed by atoms with Gasteiger partial charge in [-0.05, 0) is 18.6 Å². The number of hydrogen-bond acceptors (Lipinski definition) is 2. The quantitative estimate of drug-likeness (QED) is 0.618. The normalized spacial score (nSPS) is 13.0. The zero-order chi connectivity index (χ0) is 7.56. The van der Waals surface area contributed by atoms with Crippen LogP contribution in [0, 0.1) is 6.92 Å². The van der Waals surface area contributed by atoms with Crippen molar-refractivity contribution in [3.8, 4) is 0 Å². The molecule has 0 saturated heterocycles. The second-order valence-corrected chi connectivity index (χ2v) is 2.76. The summed E-state index contributed by atoms with van der Waals surface area (Å²) < 4.78 is 19.1. The molecule has 1 unspecified atom stereocenters. The Kier molecular flexibility index (Phi) is 2.13. The molecule has 1 N–H and O–H groups in total. The molecule has 1 atom stereocenters. The Morgan fingerprint density at radius 2 is 2.40 bits per heavy atom. The first-order valence-electron chi connectivity index (χ1n) is 2.74. The number of aryl methyl sites for hydroxylation is 1. The molecule has 1 aromatic rings. The van der Waals surface area contributed by atoms with Gasteiger partial charge in [-0.2, -0.15) is 0 Å². The summed E-state index contributed by atoms with van der Waals surface area (Å²) in [6, 6.07) is 3.47. The average molecular weight is 157 g/mol. The third-order valence-corrected chi connectivity index (χ3v) is 1.89. The van der Waals surface area contributed by atoms with E-state index >= 15 is 0 Å². The summed E-state index contributed by atoms with van der Waals surface area (Å²) in [4.78, 5) is 3.73. The molecule has 1 heterocycles. The van der Waals surface area contributed by atoms with Gasteiger partial charge in [0.1, 0.15) is 0 Å². The van der Waals surface area contributed by atoms with Crippen LogP contribution in [-0.4, -0.2) is 13.7 Å². The highest BCUT2D eigenvalue weighted by Gasteiger charge is 2.02. The van der Waals surface area contributed by atoms with Gasteiger partial charge >= 0.3 is 0 Å². The van der Waals surface area contributed by atoms with E-state index in [9.17, 15) is 4.21 Å². The number of aromatic nitrogens is 1. The van der Waals surface area contributed by atoms with Gasteiger partial charge in [0.05, 0.1) is 0 Å². The molecule has 0 aliphatic rings. The lowest BCUT2D eigenvalue weighted by Gasteiger charge is -1.95. The molecular weight excluding hydrogens is 150 g/mol. The smallest absolute Gasteiger partial charge is 0.205 e. The monoisotopic (exact) mass is 157 g/mol. The standard InChI is InChI=1S/C6H7NO2S/c1-5-3-2-4-7-6(5)10(8)9/h2-4H,1H3,(H,8,9). The van der Waals surface area contributed by atoms with E-state index in [1.807, 2.05) is 0 Å². The summed E-state index contributed by atoms with van der Waals surface area (Å²) in [5.74, 6) is 0. The summed E-state index contributed by atoms with van der Waals surface area (Å²) in [5, 5.41) is 0.238. The lowest BCUT2D eigenvalue weighted by Crippen LogP contribution is -1.94. The molecular formula is C6H7NO2S. The summed E-state index contributed by atoms with van der Waals surface area (Å²) in [7, 11) is 0. The van der Waals surface area contributed by atoms with E-state index in [1.165, 1.54) is 6.20 Å². The Labute approximate surface area is 61.4 Å². The molecule has 1 aromatic heterocycles. The number of pyridine rings is 1. The van der Waals surface area contributed by atoms with E-state index in [0.717, 1.165) is 5.56 Å². The maximum Gasteiger partial charge on any atom is 0.205 e. The minimum atomic E-state index is -1.95. The summed E-state index contributed by atoms with van der Waals surface area (Å²) in [6.07, 6.45) is 1.50. The van der Waals surface area contributed by atoms with E-state index in [0.29, 0.717) is 0 Å². The third kappa shape index (κ3) is 1.40. The topological polar surface area (TPSA) is 50.2 Å². The van der Waals surface area contributed by atoms with E-state index in [4.69, 9.17) is 4.55 Å². The SMILES string of the molecule is Cc1cccnc1S(=O)O. The van der Waals surface area contributed by atoms with Crippen LogP contribution >= 0.6 is 0 Å².